The lowest BCUT2D eigenvalue weighted by Gasteiger charge is -1.91. The number of aliphatic hydroxyl groups is 1. The van der Waals surface area contributed by atoms with Crippen molar-refractivity contribution in [1.82, 2.24) is 0 Å². The summed E-state index contributed by atoms with van der Waals surface area (Å²) in [7, 11) is 0. The molecule has 0 unspecified atom stereocenters. The number of cyclic esters (lactones) is 1. The normalized spacial score (nSPS) is 16.7. The van der Waals surface area contributed by atoms with Crippen LogP contribution in [0.3, 0.4) is 0 Å². The molecule has 0 atom stereocenters. The summed E-state index contributed by atoms with van der Waals surface area (Å²) in [5.41, 5.74) is 1.60. The van der Waals surface area contributed by atoms with Crippen LogP contribution in [0.2, 0.25) is 0 Å². The molecule has 3 nitrogen and oxygen atoms in total. The van der Waals surface area contributed by atoms with E-state index in [0.717, 1.165) is 5.57 Å². The summed E-state index contributed by atoms with van der Waals surface area (Å²) < 4.78 is 4.43. The van der Waals surface area contributed by atoms with Gasteiger partial charge in [-0.15, -0.1) is 0 Å². The highest BCUT2D eigenvalue weighted by Gasteiger charge is 2.21. The monoisotopic (exact) mass is 154 g/mol. The number of allylic oxidation sites excluding steroid dienone is 2. The summed E-state index contributed by atoms with van der Waals surface area (Å²) in [6.07, 6.45) is 1.91. The molecule has 1 N–H and O–H groups in total. The van der Waals surface area contributed by atoms with Crippen molar-refractivity contribution in [3.05, 3.63) is 23.2 Å². The molecule has 1 rings (SSSR count). The van der Waals surface area contributed by atoms with E-state index < -0.39 is 5.97 Å². The van der Waals surface area contributed by atoms with Crippen molar-refractivity contribution in [1.29, 1.82) is 0 Å². The first kappa shape index (κ1) is 7.85. The number of esters is 1. The fourth-order valence-corrected chi connectivity index (χ4v) is 0.902. The Hall–Kier alpha value is -1.25. The molecule has 1 aliphatic rings. The highest BCUT2D eigenvalue weighted by Crippen LogP contribution is 2.20. The Labute approximate surface area is 65.0 Å². The summed E-state index contributed by atoms with van der Waals surface area (Å²) in [6.45, 7) is 3.78. The van der Waals surface area contributed by atoms with Crippen molar-refractivity contribution < 1.29 is 14.6 Å². The van der Waals surface area contributed by atoms with Gasteiger partial charge in [0.05, 0.1) is 6.42 Å². The van der Waals surface area contributed by atoms with Crippen molar-refractivity contribution in [2.75, 3.05) is 0 Å². The maximum atomic E-state index is 10.6. The largest absolute Gasteiger partial charge is 0.480 e. The quantitative estimate of drug-likeness (QED) is 0.584. The fraction of sp³-hybridized carbons (Fsp3) is 0.375. The molecule has 0 bridgehead atoms. The summed E-state index contributed by atoms with van der Waals surface area (Å²) in [5, 5.41) is 9.00. The molecule has 1 heterocycles. The van der Waals surface area contributed by atoms with Crippen LogP contribution in [0.1, 0.15) is 20.3 Å². The smallest absolute Gasteiger partial charge is 0.318 e. The Morgan fingerprint density at radius 3 is 2.64 bits per heavy atom. The molecule has 1 aliphatic heterocycles. The number of carbonyl (C=O) groups is 1. The first-order valence-electron chi connectivity index (χ1n) is 3.37. The zero-order valence-corrected chi connectivity index (χ0v) is 6.55. The third-order valence-corrected chi connectivity index (χ3v) is 1.28. The number of hydrogen-bond acceptors (Lipinski definition) is 3. The zero-order valence-electron chi connectivity index (χ0n) is 6.55. The van der Waals surface area contributed by atoms with Crippen molar-refractivity contribution in [3.63, 3.8) is 0 Å². The van der Waals surface area contributed by atoms with Crippen LogP contribution in [-0.4, -0.2) is 11.1 Å². The van der Waals surface area contributed by atoms with E-state index >= 15 is 0 Å². The Bertz CT molecular complexity index is 244. The number of rotatable bonds is 1. The van der Waals surface area contributed by atoms with E-state index in [0.29, 0.717) is 5.57 Å². The molecule has 60 valence electrons. The molecule has 0 spiro atoms. The molecule has 0 aromatic heterocycles. The molecular weight excluding hydrogens is 144 g/mol. The van der Waals surface area contributed by atoms with Gasteiger partial charge < -0.3 is 9.84 Å². The first-order valence-corrected chi connectivity index (χ1v) is 3.37. The van der Waals surface area contributed by atoms with Crippen LogP contribution in [0.4, 0.5) is 0 Å². The lowest BCUT2D eigenvalue weighted by atomic mass is 10.1. The SMILES string of the molecule is CC(C)=CC1=C(O)OC(=O)C1. The lowest BCUT2D eigenvalue weighted by molar-refractivity contribution is -0.139. The average Bonchev–Trinajstić information content (AvgIpc) is 2.09. The standard InChI is InChI=1S/C8H10O3/c1-5(2)3-6-4-7(9)11-8(6)10/h3,10H,4H2,1-2H3. The predicted octanol–water partition coefficient (Wildman–Crippen LogP) is 1.67. The molecule has 11 heavy (non-hydrogen) atoms. The summed E-state index contributed by atoms with van der Waals surface area (Å²) in [4.78, 5) is 10.6. The Kier molecular flexibility index (Phi) is 1.98. The Balaban J connectivity index is 2.81. The molecule has 0 saturated heterocycles. The topological polar surface area (TPSA) is 46.5 Å². The molecule has 0 radical (unpaired) electrons. The molecule has 0 amide bonds. The zero-order chi connectivity index (χ0) is 8.43. The van der Waals surface area contributed by atoms with Gasteiger partial charge in [-0.3, -0.25) is 4.79 Å². The van der Waals surface area contributed by atoms with Crippen LogP contribution in [0.25, 0.3) is 0 Å². The van der Waals surface area contributed by atoms with Crippen molar-refractivity contribution in [2.45, 2.75) is 20.3 Å². The van der Waals surface area contributed by atoms with E-state index in [1.807, 2.05) is 13.8 Å². The molecule has 0 aromatic rings. The minimum atomic E-state index is -0.394. The maximum Gasteiger partial charge on any atom is 0.318 e. The van der Waals surface area contributed by atoms with Crippen molar-refractivity contribution in [3.8, 4) is 0 Å². The lowest BCUT2D eigenvalue weighted by Crippen LogP contribution is -1.92. The van der Waals surface area contributed by atoms with Crippen LogP contribution < -0.4 is 0 Å². The van der Waals surface area contributed by atoms with Gasteiger partial charge >= 0.3 is 5.97 Å². The van der Waals surface area contributed by atoms with E-state index in [4.69, 9.17) is 5.11 Å². The van der Waals surface area contributed by atoms with Crippen molar-refractivity contribution in [2.24, 2.45) is 0 Å². The maximum absolute atomic E-state index is 10.6. The van der Waals surface area contributed by atoms with E-state index in [9.17, 15) is 4.79 Å². The van der Waals surface area contributed by atoms with E-state index in [1.54, 1.807) is 6.08 Å². The molecule has 0 aromatic carbocycles. The molecule has 0 saturated carbocycles. The van der Waals surface area contributed by atoms with E-state index in [-0.39, 0.29) is 12.4 Å². The summed E-state index contributed by atoms with van der Waals surface area (Å²) in [6, 6.07) is 0. The highest BCUT2D eigenvalue weighted by atomic mass is 16.6. The van der Waals surface area contributed by atoms with Crippen LogP contribution in [0.5, 0.6) is 0 Å². The summed E-state index contributed by atoms with van der Waals surface area (Å²) in [5.74, 6) is -0.647. The van der Waals surface area contributed by atoms with Crippen LogP contribution in [-0.2, 0) is 9.53 Å². The third kappa shape index (κ3) is 1.83. The van der Waals surface area contributed by atoms with Gasteiger partial charge in [0, 0.05) is 5.57 Å². The average molecular weight is 154 g/mol. The van der Waals surface area contributed by atoms with Gasteiger partial charge in [-0.1, -0.05) is 11.6 Å². The molecule has 0 aliphatic carbocycles. The Morgan fingerprint density at radius 2 is 2.27 bits per heavy atom. The second-order valence-electron chi connectivity index (χ2n) is 2.70. The van der Waals surface area contributed by atoms with Gasteiger partial charge in [-0.25, -0.2) is 0 Å². The third-order valence-electron chi connectivity index (χ3n) is 1.28. The second kappa shape index (κ2) is 2.78. The van der Waals surface area contributed by atoms with E-state index in [2.05, 4.69) is 4.74 Å². The number of carbonyl (C=O) groups excluding carboxylic acids is 1. The van der Waals surface area contributed by atoms with Gasteiger partial charge in [-0.05, 0) is 13.8 Å². The molecular formula is C8H10O3. The molecule has 0 fully saturated rings. The van der Waals surface area contributed by atoms with Crippen LogP contribution in [0.15, 0.2) is 23.2 Å². The van der Waals surface area contributed by atoms with Crippen LogP contribution >= 0.6 is 0 Å². The highest BCUT2D eigenvalue weighted by molar-refractivity contribution is 5.77. The second-order valence-corrected chi connectivity index (χ2v) is 2.70. The van der Waals surface area contributed by atoms with Crippen molar-refractivity contribution >= 4 is 5.97 Å². The first-order chi connectivity index (χ1) is 5.09. The van der Waals surface area contributed by atoms with Gasteiger partial charge in [0.1, 0.15) is 0 Å². The predicted molar refractivity (Wildman–Crippen MR) is 39.8 cm³/mol. The van der Waals surface area contributed by atoms with Gasteiger partial charge in [0.15, 0.2) is 0 Å². The van der Waals surface area contributed by atoms with Crippen LogP contribution in [0, 0.1) is 0 Å². The molecule has 3 heteroatoms. The number of ether oxygens (including phenoxy) is 1. The van der Waals surface area contributed by atoms with Gasteiger partial charge in [0.25, 0.3) is 5.95 Å². The number of hydrogen-bond donors (Lipinski definition) is 1. The fourth-order valence-electron chi connectivity index (χ4n) is 0.902. The van der Waals surface area contributed by atoms with Gasteiger partial charge in [0.2, 0.25) is 0 Å². The van der Waals surface area contributed by atoms with Gasteiger partial charge in [-0.2, -0.15) is 0 Å². The van der Waals surface area contributed by atoms with E-state index in [1.165, 1.54) is 0 Å². The Morgan fingerprint density at radius 1 is 1.64 bits per heavy atom. The summed E-state index contributed by atoms with van der Waals surface area (Å²) >= 11 is 0. The number of aliphatic hydroxyl groups excluding tert-OH is 1. The minimum absolute atomic E-state index is 0.178. The minimum Gasteiger partial charge on any atom is -0.480 e.